The number of benzene rings is 6. The third kappa shape index (κ3) is 4.61. The molecule has 0 aromatic heterocycles. The van der Waals surface area contributed by atoms with Crippen LogP contribution in [0.1, 0.15) is 11.1 Å². The van der Waals surface area contributed by atoms with Gasteiger partial charge >= 0.3 is 237 Å². The van der Waals surface area contributed by atoms with Crippen LogP contribution in [0.3, 0.4) is 0 Å². The molecule has 39 heavy (non-hydrogen) atoms. The van der Waals surface area contributed by atoms with E-state index in [-0.39, 0.29) is 0 Å². The summed E-state index contributed by atoms with van der Waals surface area (Å²) in [5.74, 6) is 1.67. The van der Waals surface area contributed by atoms with Gasteiger partial charge in [0.2, 0.25) is 0 Å². The molecule has 0 radical (unpaired) electrons. The van der Waals surface area contributed by atoms with Crippen molar-refractivity contribution in [1.29, 1.82) is 0 Å². The Balaban J connectivity index is 1.46. The van der Waals surface area contributed by atoms with Gasteiger partial charge in [-0.25, -0.2) is 0 Å². The molecule has 0 fully saturated rings. The summed E-state index contributed by atoms with van der Waals surface area (Å²) in [6.45, 7) is 1.37. The Morgan fingerprint density at radius 3 is 1.36 bits per heavy atom. The van der Waals surface area contributed by atoms with Crippen LogP contribution >= 0.6 is 6.11 Å². The third-order valence-electron chi connectivity index (χ3n) is 7.22. The van der Waals surface area contributed by atoms with Crippen LogP contribution in [0.25, 0.3) is 32.7 Å². The number of hydrogen-bond donors (Lipinski definition) is 0. The fourth-order valence-corrected chi connectivity index (χ4v) is 8.85. The zero-order valence-electron chi connectivity index (χ0n) is 21.2. The fraction of sp³-hybridized carbons (Fsp3) is 0.0588. The molecule has 1 aliphatic heterocycles. The van der Waals surface area contributed by atoms with Crippen molar-refractivity contribution in [3.8, 4) is 22.6 Å². The SMILES string of the molecule is [Se]=P1(N(Cc2ccccc2)Cc2ccccc2)Oc2ccc3ccccc3c2-c2c(ccc3ccccc23)O1. The minimum absolute atomic E-state index is 0.683. The second kappa shape index (κ2) is 10.2. The molecule has 0 aliphatic carbocycles. The summed E-state index contributed by atoms with van der Waals surface area (Å²) in [6, 6.07) is 46.6. The molecule has 0 spiro atoms. The molecule has 0 bridgehead atoms. The molecule has 0 atom stereocenters. The van der Waals surface area contributed by atoms with Crippen LogP contribution in [0.4, 0.5) is 0 Å². The quantitative estimate of drug-likeness (QED) is 0.148. The zero-order valence-corrected chi connectivity index (χ0v) is 23.8. The molecule has 0 amide bonds. The van der Waals surface area contributed by atoms with Crippen molar-refractivity contribution in [2.45, 2.75) is 13.1 Å². The van der Waals surface area contributed by atoms with E-state index < -0.39 is 6.11 Å². The monoisotopic (exact) mass is 591 g/mol. The van der Waals surface area contributed by atoms with Crippen LogP contribution in [0.5, 0.6) is 11.5 Å². The molecule has 190 valence electrons. The van der Waals surface area contributed by atoms with Crippen LogP contribution in [0, 0.1) is 0 Å². The molecule has 7 rings (SSSR count). The Labute approximate surface area is 236 Å². The first kappa shape index (κ1) is 24.4. The van der Waals surface area contributed by atoms with E-state index in [1.54, 1.807) is 0 Å². The van der Waals surface area contributed by atoms with E-state index in [0.29, 0.717) is 13.1 Å². The van der Waals surface area contributed by atoms with Crippen LogP contribution in [0.15, 0.2) is 133 Å². The molecule has 0 unspecified atom stereocenters. The molecule has 6 aromatic rings. The van der Waals surface area contributed by atoms with E-state index in [0.717, 1.165) is 33.4 Å². The van der Waals surface area contributed by atoms with Gasteiger partial charge in [0, 0.05) is 0 Å². The number of fused-ring (bicyclic) bond motifs is 7. The van der Waals surface area contributed by atoms with E-state index in [1.165, 1.54) is 21.9 Å². The Morgan fingerprint density at radius 2 is 0.897 bits per heavy atom. The van der Waals surface area contributed by atoms with Gasteiger partial charge in [-0.1, -0.05) is 0 Å². The van der Waals surface area contributed by atoms with Crippen molar-refractivity contribution in [1.82, 2.24) is 4.67 Å². The van der Waals surface area contributed by atoms with Gasteiger partial charge in [0.1, 0.15) is 0 Å². The Bertz CT molecular complexity index is 1720. The molecule has 5 heteroatoms. The molecule has 1 aliphatic rings. The summed E-state index contributed by atoms with van der Waals surface area (Å²) in [5, 5.41) is 4.66. The maximum atomic E-state index is 7.05. The van der Waals surface area contributed by atoms with Crippen molar-refractivity contribution in [3.05, 3.63) is 145 Å². The first-order valence-electron chi connectivity index (χ1n) is 13.0. The molecular formula is C34H26NO2PSe. The second-order valence-electron chi connectivity index (χ2n) is 9.76. The van der Waals surface area contributed by atoms with Crippen molar-refractivity contribution in [3.63, 3.8) is 0 Å². The third-order valence-corrected chi connectivity index (χ3v) is 11.4. The van der Waals surface area contributed by atoms with Crippen LogP contribution in [0.2, 0.25) is 0 Å². The van der Waals surface area contributed by atoms with Crippen molar-refractivity contribution in [2.24, 2.45) is 0 Å². The van der Waals surface area contributed by atoms with Gasteiger partial charge in [-0.05, 0) is 0 Å². The van der Waals surface area contributed by atoms with E-state index >= 15 is 0 Å². The van der Waals surface area contributed by atoms with Gasteiger partial charge in [-0.15, -0.1) is 0 Å². The van der Waals surface area contributed by atoms with Gasteiger partial charge in [0.15, 0.2) is 0 Å². The second-order valence-corrected chi connectivity index (χ2v) is 14.5. The van der Waals surface area contributed by atoms with Crippen molar-refractivity contribution < 1.29 is 9.05 Å². The minimum atomic E-state index is -2.76. The van der Waals surface area contributed by atoms with Gasteiger partial charge in [-0.2, -0.15) is 0 Å². The maximum absolute atomic E-state index is 7.05. The predicted octanol–water partition coefficient (Wildman–Crippen LogP) is 8.98. The van der Waals surface area contributed by atoms with Crippen molar-refractivity contribution >= 4 is 42.8 Å². The molecule has 6 aromatic carbocycles. The zero-order chi connectivity index (χ0) is 26.2. The average Bonchev–Trinajstić information content (AvgIpc) is 3.12. The first-order valence-corrected chi connectivity index (χ1v) is 16.8. The van der Waals surface area contributed by atoms with Crippen LogP contribution in [-0.2, 0) is 13.1 Å². The first-order chi connectivity index (χ1) is 19.2. The summed E-state index contributed by atoms with van der Waals surface area (Å²) in [5.41, 5.74) is 4.57. The summed E-state index contributed by atoms with van der Waals surface area (Å²) < 4.78 is 16.4. The summed E-state index contributed by atoms with van der Waals surface area (Å²) in [6.07, 6.45) is -2.76. The topological polar surface area (TPSA) is 21.7 Å². The number of hydrogen-bond acceptors (Lipinski definition) is 3. The number of nitrogens with zero attached hydrogens (tertiary/aromatic N) is 1. The Kier molecular flexibility index (Phi) is 6.35. The Hall–Kier alpha value is -3.65. The van der Waals surface area contributed by atoms with E-state index in [4.69, 9.17) is 9.05 Å². The predicted molar refractivity (Wildman–Crippen MR) is 163 cm³/mol. The average molecular weight is 591 g/mol. The molecule has 1 heterocycles. The standard InChI is InChI=1S/C34H26NO2PSe/c39-38(35(23-25-11-3-1-4-12-25)24-26-13-5-2-6-14-26)36-31-21-19-27-15-7-9-17-29(27)33(31)34-30-18-10-8-16-28(30)20-22-32(34)37-38/h1-22H,23-24H2. The van der Waals surface area contributed by atoms with E-state index in [1.807, 2.05) is 0 Å². The van der Waals surface area contributed by atoms with Gasteiger partial charge < -0.3 is 0 Å². The Morgan fingerprint density at radius 1 is 0.487 bits per heavy atom. The van der Waals surface area contributed by atoms with Crippen LogP contribution in [-0.4, -0.2) is 19.8 Å². The molecular weight excluding hydrogens is 564 g/mol. The van der Waals surface area contributed by atoms with E-state index in [9.17, 15) is 0 Å². The molecule has 0 N–H and O–H groups in total. The van der Waals surface area contributed by atoms with Crippen LogP contribution < -0.4 is 9.05 Å². The summed E-state index contributed by atoms with van der Waals surface area (Å²) in [7, 11) is 0. The normalized spacial score (nSPS) is 13.8. The summed E-state index contributed by atoms with van der Waals surface area (Å²) in [4.78, 5) is 0. The van der Waals surface area contributed by atoms with Gasteiger partial charge in [0.05, 0.1) is 0 Å². The number of rotatable bonds is 5. The molecule has 3 nitrogen and oxygen atoms in total. The molecule has 0 saturated carbocycles. The summed E-state index contributed by atoms with van der Waals surface area (Å²) >= 11 is 3.44. The fourth-order valence-electron chi connectivity index (χ4n) is 5.37. The van der Waals surface area contributed by atoms with Gasteiger partial charge in [-0.3, -0.25) is 0 Å². The van der Waals surface area contributed by atoms with E-state index in [2.05, 4.69) is 153 Å². The molecule has 0 saturated heterocycles. The van der Waals surface area contributed by atoms with Crippen molar-refractivity contribution in [2.75, 3.05) is 0 Å². The van der Waals surface area contributed by atoms with Gasteiger partial charge in [0.25, 0.3) is 0 Å².